The van der Waals surface area contributed by atoms with Crippen LogP contribution in [-0.2, 0) is 0 Å². The highest BCUT2D eigenvalue weighted by Crippen LogP contribution is 2.25. The van der Waals surface area contributed by atoms with Crippen LogP contribution in [0.3, 0.4) is 0 Å². The second-order valence-electron chi connectivity index (χ2n) is 4.48. The minimum atomic E-state index is -4.13. The van der Waals surface area contributed by atoms with E-state index in [0.29, 0.717) is 19.6 Å². The van der Waals surface area contributed by atoms with Gasteiger partial charge in [0.05, 0.1) is 6.54 Å². The van der Waals surface area contributed by atoms with E-state index >= 15 is 0 Å². The fourth-order valence-electron chi connectivity index (χ4n) is 2.05. The van der Waals surface area contributed by atoms with Crippen molar-refractivity contribution in [1.29, 1.82) is 0 Å². The molecule has 102 valence electrons. The van der Waals surface area contributed by atoms with Crippen molar-refractivity contribution in [3.8, 4) is 0 Å². The van der Waals surface area contributed by atoms with E-state index in [2.05, 4.69) is 10.2 Å². The highest BCUT2D eigenvalue weighted by atomic mass is 32.1. The Morgan fingerprint density at radius 3 is 2.56 bits per heavy atom. The Labute approximate surface area is 107 Å². The van der Waals surface area contributed by atoms with E-state index in [1.54, 1.807) is 0 Å². The molecule has 18 heavy (non-hydrogen) atoms. The Balaban J connectivity index is 1.96. The maximum atomic E-state index is 12.4. The van der Waals surface area contributed by atoms with E-state index < -0.39 is 12.7 Å². The average molecular weight is 280 g/mol. The van der Waals surface area contributed by atoms with Gasteiger partial charge in [-0.05, 0) is 13.8 Å². The summed E-state index contributed by atoms with van der Waals surface area (Å²) in [7, 11) is 0. The van der Waals surface area contributed by atoms with Crippen LogP contribution in [0.25, 0.3) is 0 Å². The molecule has 1 aromatic heterocycles. The third-order valence-corrected chi connectivity index (χ3v) is 3.83. The van der Waals surface area contributed by atoms with Crippen molar-refractivity contribution >= 4 is 16.5 Å². The number of nitrogens with zero attached hydrogens (tertiary/aromatic N) is 4. The second-order valence-corrected chi connectivity index (χ2v) is 5.64. The van der Waals surface area contributed by atoms with Crippen molar-refractivity contribution in [2.75, 3.05) is 31.1 Å². The van der Waals surface area contributed by atoms with Crippen molar-refractivity contribution < 1.29 is 13.2 Å². The fraction of sp³-hybridized carbons (Fsp3) is 0.800. The molecule has 4 nitrogen and oxygen atoms in total. The highest BCUT2D eigenvalue weighted by Gasteiger charge is 2.35. The smallest absolute Gasteiger partial charge is 0.344 e. The summed E-state index contributed by atoms with van der Waals surface area (Å²) in [5.74, 6) is 0. The first-order chi connectivity index (χ1) is 8.35. The number of hydrogen-bond donors (Lipinski definition) is 0. The Kier molecular flexibility index (Phi) is 3.76. The zero-order chi connectivity index (χ0) is 13.3. The summed E-state index contributed by atoms with van der Waals surface area (Å²) in [6.07, 6.45) is -4.13. The summed E-state index contributed by atoms with van der Waals surface area (Å²) < 4.78 is 37.1. The summed E-state index contributed by atoms with van der Waals surface area (Å²) in [6, 6.07) is -0.135. The largest absolute Gasteiger partial charge is 0.401 e. The van der Waals surface area contributed by atoms with Crippen molar-refractivity contribution in [3.05, 3.63) is 5.01 Å². The lowest BCUT2D eigenvalue weighted by Crippen LogP contribution is -2.54. The molecule has 0 aliphatic carbocycles. The highest BCUT2D eigenvalue weighted by molar-refractivity contribution is 7.15. The van der Waals surface area contributed by atoms with Crippen LogP contribution >= 0.6 is 11.3 Å². The van der Waals surface area contributed by atoms with Crippen LogP contribution < -0.4 is 4.90 Å². The van der Waals surface area contributed by atoms with E-state index in [-0.39, 0.29) is 6.04 Å². The molecule has 1 aromatic rings. The van der Waals surface area contributed by atoms with Gasteiger partial charge in [0, 0.05) is 25.7 Å². The number of aromatic nitrogens is 2. The first kappa shape index (κ1) is 13.5. The van der Waals surface area contributed by atoms with Crippen molar-refractivity contribution in [1.82, 2.24) is 15.1 Å². The van der Waals surface area contributed by atoms with Gasteiger partial charge in [-0.15, -0.1) is 10.2 Å². The minimum Gasteiger partial charge on any atom is -0.344 e. The van der Waals surface area contributed by atoms with Gasteiger partial charge in [0.15, 0.2) is 0 Å². The lowest BCUT2D eigenvalue weighted by molar-refractivity contribution is -0.150. The van der Waals surface area contributed by atoms with Crippen LogP contribution in [0.2, 0.25) is 0 Å². The number of alkyl halides is 3. The molecule has 8 heteroatoms. The Bertz CT molecular complexity index is 406. The van der Waals surface area contributed by atoms with Crippen LogP contribution in [0.15, 0.2) is 0 Å². The molecule has 0 N–H and O–H groups in total. The van der Waals surface area contributed by atoms with E-state index in [0.717, 1.165) is 10.1 Å². The number of aryl methyl sites for hydroxylation is 1. The number of hydrogen-bond acceptors (Lipinski definition) is 5. The number of piperazine rings is 1. The first-order valence-electron chi connectivity index (χ1n) is 5.71. The van der Waals surface area contributed by atoms with Gasteiger partial charge in [0.2, 0.25) is 5.13 Å². The molecule has 1 atom stereocenters. The van der Waals surface area contributed by atoms with Crippen molar-refractivity contribution in [2.45, 2.75) is 26.1 Å². The van der Waals surface area contributed by atoms with Gasteiger partial charge < -0.3 is 4.90 Å². The van der Waals surface area contributed by atoms with Crippen LogP contribution in [0, 0.1) is 6.92 Å². The number of rotatable bonds is 2. The molecule has 2 rings (SSSR count). The normalized spacial score (nSPS) is 22.5. The quantitative estimate of drug-likeness (QED) is 0.828. The Hall–Kier alpha value is -0.890. The standard InChI is InChI=1S/C10H15F3N4S/c1-7-5-16(9-15-14-8(2)18-9)3-4-17(7)6-10(11,12)13/h7H,3-6H2,1-2H3. The van der Waals surface area contributed by atoms with E-state index in [4.69, 9.17) is 0 Å². The molecule has 0 amide bonds. The Morgan fingerprint density at radius 1 is 1.33 bits per heavy atom. The third kappa shape index (κ3) is 3.32. The Morgan fingerprint density at radius 2 is 2.06 bits per heavy atom. The van der Waals surface area contributed by atoms with Crippen molar-refractivity contribution in [2.24, 2.45) is 0 Å². The molecule has 1 fully saturated rings. The van der Waals surface area contributed by atoms with Gasteiger partial charge in [-0.25, -0.2) is 0 Å². The predicted octanol–water partition coefficient (Wildman–Crippen LogP) is 1.92. The van der Waals surface area contributed by atoms with Gasteiger partial charge in [0.25, 0.3) is 0 Å². The molecule has 2 heterocycles. The lowest BCUT2D eigenvalue weighted by Gasteiger charge is -2.39. The minimum absolute atomic E-state index is 0.135. The molecule has 1 aliphatic rings. The molecule has 0 radical (unpaired) electrons. The van der Waals surface area contributed by atoms with E-state index in [1.807, 2.05) is 18.7 Å². The average Bonchev–Trinajstić information content (AvgIpc) is 2.66. The fourth-order valence-corrected chi connectivity index (χ4v) is 2.77. The van der Waals surface area contributed by atoms with Crippen molar-refractivity contribution in [3.63, 3.8) is 0 Å². The van der Waals surface area contributed by atoms with Crippen LogP contribution in [0.5, 0.6) is 0 Å². The van der Waals surface area contributed by atoms with Gasteiger partial charge in [-0.2, -0.15) is 13.2 Å². The van der Waals surface area contributed by atoms with E-state index in [1.165, 1.54) is 16.2 Å². The number of halogens is 3. The van der Waals surface area contributed by atoms with E-state index in [9.17, 15) is 13.2 Å². The summed E-state index contributed by atoms with van der Waals surface area (Å²) in [5.41, 5.74) is 0. The van der Waals surface area contributed by atoms with Gasteiger partial charge in [-0.1, -0.05) is 11.3 Å². The van der Waals surface area contributed by atoms with Gasteiger partial charge >= 0.3 is 6.18 Å². The number of anilines is 1. The predicted molar refractivity (Wildman–Crippen MR) is 63.9 cm³/mol. The van der Waals surface area contributed by atoms with Crippen LogP contribution in [-0.4, -0.2) is 53.5 Å². The molecule has 0 spiro atoms. The van der Waals surface area contributed by atoms with Gasteiger partial charge in [-0.3, -0.25) is 4.90 Å². The van der Waals surface area contributed by atoms with Gasteiger partial charge in [0.1, 0.15) is 5.01 Å². The topological polar surface area (TPSA) is 32.3 Å². The molecule has 0 aromatic carbocycles. The molecular weight excluding hydrogens is 265 g/mol. The summed E-state index contributed by atoms with van der Waals surface area (Å²) in [4.78, 5) is 3.46. The molecule has 1 saturated heterocycles. The summed E-state index contributed by atoms with van der Waals surface area (Å²) in [6.45, 7) is 4.37. The maximum Gasteiger partial charge on any atom is 0.401 e. The molecular formula is C10H15F3N4S. The maximum absolute atomic E-state index is 12.4. The summed E-state index contributed by atoms with van der Waals surface area (Å²) >= 11 is 1.47. The second kappa shape index (κ2) is 5.00. The zero-order valence-electron chi connectivity index (χ0n) is 10.2. The first-order valence-corrected chi connectivity index (χ1v) is 6.52. The van der Waals surface area contributed by atoms with Crippen LogP contribution in [0.1, 0.15) is 11.9 Å². The monoisotopic (exact) mass is 280 g/mol. The molecule has 0 bridgehead atoms. The molecule has 0 saturated carbocycles. The zero-order valence-corrected chi connectivity index (χ0v) is 11.1. The molecule has 1 aliphatic heterocycles. The third-order valence-electron chi connectivity index (χ3n) is 2.93. The van der Waals surface area contributed by atoms with Crippen LogP contribution in [0.4, 0.5) is 18.3 Å². The lowest BCUT2D eigenvalue weighted by atomic mass is 10.2. The summed E-state index contributed by atoms with van der Waals surface area (Å²) in [5, 5.41) is 9.62. The molecule has 1 unspecified atom stereocenters. The SMILES string of the molecule is Cc1nnc(N2CCN(CC(F)(F)F)C(C)C2)s1.